The van der Waals surface area contributed by atoms with E-state index in [1.54, 1.807) is 6.07 Å². The van der Waals surface area contributed by atoms with Gasteiger partial charge in [-0.1, -0.05) is 11.6 Å². The maximum atomic E-state index is 13.2. The topological polar surface area (TPSA) is 230 Å². The van der Waals surface area contributed by atoms with Crippen molar-refractivity contribution in [3.63, 3.8) is 0 Å². The molecule has 0 unspecified atom stereocenters. The number of carbonyl (C=O) groups is 5. The summed E-state index contributed by atoms with van der Waals surface area (Å²) in [5.41, 5.74) is 0.956. The number of fused-ring (bicyclic) bond motifs is 1. The predicted octanol–water partition coefficient (Wildman–Crippen LogP) is 1.30. The molecule has 3 amide bonds. The van der Waals surface area contributed by atoms with Crippen molar-refractivity contribution in [1.82, 2.24) is 35.7 Å². The number of nitrogens with one attached hydrogen (secondary N) is 3. The molecule has 3 atom stereocenters. The summed E-state index contributed by atoms with van der Waals surface area (Å²) in [6, 6.07) is 2.09. The lowest BCUT2D eigenvalue weighted by molar-refractivity contribution is -0.147. The van der Waals surface area contributed by atoms with E-state index in [4.69, 9.17) is 26.2 Å². The van der Waals surface area contributed by atoms with E-state index in [0.717, 1.165) is 30.1 Å². The zero-order valence-electron chi connectivity index (χ0n) is 23.4. The Hall–Kier alpha value is -4.48. The minimum absolute atomic E-state index is 0.0915. The lowest BCUT2D eigenvalue weighted by atomic mass is 9.82. The van der Waals surface area contributed by atoms with Crippen molar-refractivity contribution in [3.8, 4) is 0 Å². The van der Waals surface area contributed by atoms with Crippen molar-refractivity contribution in [2.75, 3.05) is 18.9 Å². The Morgan fingerprint density at radius 3 is 2.50 bits per heavy atom. The van der Waals surface area contributed by atoms with E-state index in [0.29, 0.717) is 35.2 Å². The van der Waals surface area contributed by atoms with E-state index in [-0.39, 0.29) is 17.6 Å². The zero-order valence-corrected chi connectivity index (χ0v) is 24.9. The van der Waals surface area contributed by atoms with Crippen LogP contribution in [0, 0.1) is 0 Å². The van der Waals surface area contributed by atoms with E-state index in [1.807, 2.05) is 7.05 Å². The van der Waals surface area contributed by atoms with Crippen molar-refractivity contribution in [1.29, 1.82) is 0 Å². The molecule has 1 aliphatic heterocycles. The van der Waals surface area contributed by atoms with Gasteiger partial charge in [-0.05, 0) is 38.4 Å². The standard InChI is InChI=1S/C23H25ClN8O4S.C3H4O4/c1-32-7-6-15-17(10-32)37-23(29-15)21(35)28-16-8-12(22-31-26-11-36-22)2-4-14(16)27-19(33)20(34)30-18-5-3-13(24)9-25-18;4-2(5)1-3(6)7/h3,5,9,11-12,14,16H,2,4,6-8,10H2,1H3,(H,27,33)(H,28,35)(H,25,30,34);1H2,(H,4,5)(H,6,7)/t12-,14-,16+;/m0./s1. The molecule has 5 N–H and O–H groups in total. The Labute approximate surface area is 259 Å². The average molecular weight is 649 g/mol. The van der Waals surface area contributed by atoms with Crippen molar-refractivity contribution in [2.24, 2.45) is 0 Å². The number of anilines is 1. The quantitative estimate of drug-likeness (QED) is 0.180. The van der Waals surface area contributed by atoms with Crippen LogP contribution in [0.25, 0.3) is 0 Å². The highest BCUT2D eigenvalue weighted by Crippen LogP contribution is 2.33. The molecule has 1 fully saturated rings. The number of halogens is 1. The van der Waals surface area contributed by atoms with E-state index in [2.05, 4.69) is 41.0 Å². The number of carbonyl (C=O) groups excluding carboxylic acids is 3. The summed E-state index contributed by atoms with van der Waals surface area (Å²) in [5, 5.41) is 32.2. The van der Waals surface area contributed by atoms with E-state index in [1.165, 1.54) is 30.0 Å². The third-order valence-corrected chi connectivity index (χ3v) is 8.11. The highest BCUT2D eigenvalue weighted by molar-refractivity contribution is 7.13. The van der Waals surface area contributed by atoms with Gasteiger partial charge in [0.25, 0.3) is 5.91 Å². The van der Waals surface area contributed by atoms with Gasteiger partial charge in [0.2, 0.25) is 12.3 Å². The molecule has 16 nitrogen and oxygen atoms in total. The third kappa shape index (κ3) is 9.01. The van der Waals surface area contributed by atoms with Crippen molar-refractivity contribution < 1.29 is 38.6 Å². The first kappa shape index (κ1) is 32.4. The van der Waals surface area contributed by atoms with Gasteiger partial charge in [0, 0.05) is 42.5 Å². The first-order valence-corrected chi connectivity index (χ1v) is 14.6. The molecule has 44 heavy (non-hydrogen) atoms. The van der Waals surface area contributed by atoms with Crippen LogP contribution in [0.2, 0.25) is 5.02 Å². The predicted molar refractivity (Wildman–Crippen MR) is 154 cm³/mol. The normalized spacial score (nSPS) is 19.5. The molecule has 0 spiro atoms. The first-order valence-electron chi connectivity index (χ1n) is 13.4. The fraction of sp³-hybridized carbons (Fsp3) is 0.423. The molecule has 0 aromatic carbocycles. The van der Waals surface area contributed by atoms with Crippen molar-refractivity contribution in [3.05, 3.63) is 51.2 Å². The number of nitrogens with zero attached hydrogens (tertiary/aromatic N) is 5. The molecular weight excluding hydrogens is 620 g/mol. The number of amides is 3. The summed E-state index contributed by atoms with van der Waals surface area (Å²) >= 11 is 7.20. The van der Waals surface area contributed by atoms with Crippen LogP contribution in [0.3, 0.4) is 0 Å². The lowest BCUT2D eigenvalue weighted by Gasteiger charge is -2.35. The van der Waals surface area contributed by atoms with Crippen LogP contribution < -0.4 is 16.0 Å². The number of hydrogen-bond donors (Lipinski definition) is 5. The number of aromatic nitrogens is 4. The molecule has 0 saturated heterocycles. The number of aliphatic carboxylic acids is 2. The highest BCUT2D eigenvalue weighted by atomic mass is 35.5. The monoisotopic (exact) mass is 648 g/mol. The van der Waals surface area contributed by atoms with Crippen molar-refractivity contribution >= 4 is 58.4 Å². The molecule has 18 heteroatoms. The second kappa shape index (κ2) is 14.8. The van der Waals surface area contributed by atoms with Crippen LogP contribution >= 0.6 is 22.9 Å². The molecule has 0 bridgehead atoms. The molecule has 3 aromatic heterocycles. The van der Waals surface area contributed by atoms with Crippen LogP contribution in [0.15, 0.2) is 29.1 Å². The molecular formula is C26H29ClN8O8S. The minimum atomic E-state index is -1.31. The van der Waals surface area contributed by atoms with E-state index < -0.39 is 42.3 Å². The van der Waals surface area contributed by atoms with Crippen LogP contribution in [0.1, 0.15) is 57.9 Å². The maximum Gasteiger partial charge on any atom is 0.314 e. The van der Waals surface area contributed by atoms with Gasteiger partial charge in [0.05, 0.1) is 16.8 Å². The number of rotatable bonds is 7. The Morgan fingerprint density at radius 2 is 1.86 bits per heavy atom. The molecule has 0 radical (unpaired) electrons. The Balaban J connectivity index is 0.000000566. The highest BCUT2D eigenvalue weighted by Gasteiger charge is 2.37. The molecule has 1 saturated carbocycles. The van der Waals surface area contributed by atoms with Gasteiger partial charge in [-0.25, -0.2) is 9.97 Å². The number of carboxylic acids is 2. The Morgan fingerprint density at radius 1 is 1.09 bits per heavy atom. The van der Waals surface area contributed by atoms with Crippen LogP contribution in [-0.2, 0) is 32.1 Å². The number of pyridine rings is 1. The van der Waals surface area contributed by atoms with Gasteiger partial charge in [-0.2, -0.15) is 0 Å². The van der Waals surface area contributed by atoms with Crippen LogP contribution in [0.4, 0.5) is 5.82 Å². The van der Waals surface area contributed by atoms with Crippen LogP contribution in [0.5, 0.6) is 0 Å². The van der Waals surface area contributed by atoms with Gasteiger partial charge in [-0.15, -0.1) is 21.5 Å². The fourth-order valence-electron chi connectivity index (χ4n) is 4.72. The minimum Gasteiger partial charge on any atom is -0.481 e. The van der Waals surface area contributed by atoms with Gasteiger partial charge >= 0.3 is 23.8 Å². The molecule has 2 aliphatic rings. The van der Waals surface area contributed by atoms with E-state index in [9.17, 15) is 24.0 Å². The second-order valence-corrected chi connectivity index (χ2v) is 11.6. The smallest absolute Gasteiger partial charge is 0.314 e. The Bertz CT molecular complexity index is 1490. The summed E-state index contributed by atoms with van der Waals surface area (Å²) in [6.07, 6.45) is 4.21. The summed E-state index contributed by atoms with van der Waals surface area (Å²) in [7, 11) is 2.04. The zero-order chi connectivity index (χ0) is 31.8. The number of hydrogen-bond acceptors (Lipinski definition) is 12. The molecule has 234 valence electrons. The van der Waals surface area contributed by atoms with Gasteiger partial charge < -0.3 is 35.5 Å². The lowest BCUT2D eigenvalue weighted by Crippen LogP contribution is -2.56. The summed E-state index contributed by atoms with van der Waals surface area (Å²) in [4.78, 5) is 69.1. The molecule has 4 heterocycles. The fourth-order valence-corrected chi connectivity index (χ4v) is 5.93. The SMILES string of the molecule is CN1CCc2nc(C(=O)N[C@@H]3C[C@@H](c4nnco4)CC[C@@H]3NC(=O)C(=O)Nc3ccc(Cl)cn3)sc2C1.O=C(O)CC(=O)O. The summed E-state index contributed by atoms with van der Waals surface area (Å²) in [5.74, 6) is -4.05. The number of carboxylic acid groups (broad SMARTS) is 2. The molecule has 5 rings (SSSR count). The third-order valence-electron chi connectivity index (χ3n) is 6.80. The van der Waals surface area contributed by atoms with E-state index >= 15 is 0 Å². The van der Waals surface area contributed by atoms with Crippen LogP contribution in [-0.4, -0.2) is 90.6 Å². The second-order valence-electron chi connectivity index (χ2n) is 10.1. The van der Waals surface area contributed by atoms with Gasteiger partial charge in [-0.3, -0.25) is 24.0 Å². The van der Waals surface area contributed by atoms with Gasteiger partial charge in [0.15, 0.2) is 5.01 Å². The number of thiazole rings is 1. The molecule has 1 aliphatic carbocycles. The number of likely N-dealkylation sites (N-methyl/N-ethyl adjacent to an activating group) is 1. The average Bonchev–Trinajstić information content (AvgIpc) is 3.65. The molecule has 3 aromatic rings. The maximum absolute atomic E-state index is 13.2. The van der Waals surface area contributed by atoms with Gasteiger partial charge in [0.1, 0.15) is 12.2 Å². The summed E-state index contributed by atoms with van der Waals surface area (Å²) in [6.45, 7) is 1.66. The Kier molecular flexibility index (Phi) is 10.9. The largest absolute Gasteiger partial charge is 0.481 e. The summed E-state index contributed by atoms with van der Waals surface area (Å²) < 4.78 is 5.39. The van der Waals surface area contributed by atoms with Crippen molar-refractivity contribution in [2.45, 2.75) is 56.7 Å². The first-order chi connectivity index (χ1) is 21.0.